The second-order valence-electron chi connectivity index (χ2n) is 7.83. The van der Waals surface area contributed by atoms with Gasteiger partial charge in [0.15, 0.2) is 11.8 Å². The number of rotatable bonds is 6. The van der Waals surface area contributed by atoms with Crippen molar-refractivity contribution in [1.82, 2.24) is 9.55 Å². The smallest absolute Gasteiger partial charge is 0.330 e. The minimum Gasteiger partial charge on any atom is -0.460 e. The number of H-pyrrole nitrogens is 1. The molecule has 0 spiro atoms. The number of aryl methyl sites for hydroxylation is 1. The summed E-state index contributed by atoms with van der Waals surface area (Å²) in [5, 5.41) is 0. The molecule has 0 unspecified atom stereocenters. The number of terminal acetylenes is 1. The number of carbonyl (C=O) groups excluding carboxylic acids is 1. The van der Waals surface area contributed by atoms with Crippen molar-refractivity contribution in [2.45, 2.75) is 63.3 Å². The molecule has 3 rings (SSSR count). The van der Waals surface area contributed by atoms with Crippen molar-refractivity contribution in [3.63, 3.8) is 0 Å². The molecule has 1 saturated carbocycles. The van der Waals surface area contributed by atoms with Crippen LogP contribution in [-0.4, -0.2) is 33.8 Å². The number of carbonyl (C=O) groups is 1. The third-order valence-electron chi connectivity index (χ3n) is 5.57. The minimum absolute atomic E-state index is 0.204. The maximum atomic E-state index is 12.3. The monoisotopic (exact) mass is 401 g/mol. The van der Waals surface area contributed by atoms with Crippen LogP contribution in [0.25, 0.3) is 0 Å². The molecule has 2 aliphatic rings. The topological polar surface area (TPSA) is 116 Å². The number of aromatic amines is 1. The summed E-state index contributed by atoms with van der Waals surface area (Å²) in [5.74, 6) is 2.43. The first-order valence-corrected chi connectivity index (χ1v) is 9.93. The van der Waals surface area contributed by atoms with Crippen LogP contribution in [0.3, 0.4) is 0 Å². The highest BCUT2D eigenvalue weighted by atomic mass is 16.6. The molecule has 8 heteroatoms. The molecule has 2 heterocycles. The van der Waals surface area contributed by atoms with E-state index in [0.717, 1.165) is 12.8 Å². The summed E-state index contributed by atoms with van der Waals surface area (Å²) >= 11 is 0. The van der Waals surface area contributed by atoms with Crippen LogP contribution in [0.5, 0.6) is 0 Å². The van der Waals surface area contributed by atoms with E-state index in [0.29, 0.717) is 17.9 Å². The standard InChI is InChI=1S/C21H27N3O5/c1-3-21(13-28-19(26)16(22)11-15-7-5-4-6-8-15)10-9-17(29-21)24-12-14(2)18(25)23-20(24)27/h1,9-10,12,15-17H,4-8,11,13,22H2,2H3,(H,23,25,27)/t16-,17+,21-/m0/s1. The molecular weight excluding hydrogens is 374 g/mol. The minimum atomic E-state index is -1.30. The number of nitrogens with one attached hydrogen (secondary N) is 1. The van der Waals surface area contributed by atoms with Gasteiger partial charge in [0.1, 0.15) is 12.6 Å². The van der Waals surface area contributed by atoms with Crippen molar-refractivity contribution < 1.29 is 14.3 Å². The molecule has 1 aliphatic heterocycles. The second-order valence-corrected chi connectivity index (χ2v) is 7.83. The highest BCUT2D eigenvalue weighted by Crippen LogP contribution is 2.30. The van der Waals surface area contributed by atoms with Crippen molar-refractivity contribution in [3.05, 3.63) is 44.8 Å². The second kappa shape index (κ2) is 8.80. The van der Waals surface area contributed by atoms with Crippen molar-refractivity contribution in [3.8, 4) is 12.3 Å². The van der Waals surface area contributed by atoms with Gasteiger partial charge in [0.05, 0.1) is 0 Å². The molecule has 0 bridgehead atoms. The van der Waals surface area contributed by atoms with Crippen molar-refractivity contribution in [2.75, 3.05) is 6.61 Å². The van der Waals surface area contributed by atoms with Gasteiger partial charge in [-0.05, 0) is 31.4 Å². The first kappa shape index (κ1) is 21.1. The van der Waals surface area contributed by atoms with E-state index in [4.69, 9.17) is 21.6 Å². The van der Waals surface area contributed by atoms with Crippen molar-refractivity contribution >= 4 is 5.97 Å². The molecule has 0 saturated heterocycles. The predicted molar refractivity (Wildman–Crippen MR) is 107 cm³/mol. The van der Waals surface area contributed by atoms with Crippen LogP contribution in [0.4, 0.5) is 0 Å². The lowest BCUT2D eigenvalue weighted by molar-refractivity contribution is -0.153. The lowest BCUT2D eigenvalue weighted by Crippen LogP contribution is -2.40. The summed E-state index contributed by atoms with van der Waals surface area (Å²) in [5.41, 5.74) is 4.01. The van der Waals surface area contributed by atoms with Gasteiger partial charge in [-0.15, -0.1) is 6.42 Å². The largest absolute Gasteiger partial charge is 0.460 e. The van der Waals surface area contributed by atoms with Crippen molar-refractivity contribution in [1.29, 1.82) is 0 Å². The number of hydrogen-bond acceptors (Lipinski definition) is 6. The van der Waals surface area contributed by atoms with Gasteiger partial charge < -0.3 is 15.2 Å². The average Bonchev–Trinajstić information content (AvgIpc) is 3.14. The van der Waals surface area contributed by atoms with E-state index in [9.17, 15) is 14.4 Å². The van der Waals surface area contributed by atoms with Crippen LogP contribution >= 0.6 is 0 Å². The molecule has 29 heavy (non-hydrogen) atoms. The van der Waals surface area contributed by atoms with Gasteiger partial charge in [0.25, 0.3) is 5.56 Å². The Morgan fingerprint density at radius 1 is 1.45 bits per heavy atom. The van der Waals surface area contributed by atoms with Crippen LogP contribution in [0.2, 0.25) is 0 Å². The van der Waals surface area contributed by atoms with Gasteiger partial charge in [0, 0.05) is 11.8 Å². The maximum absolute atomic E-state index is 12.3. The fraction of sp³-hybridized carbons (Fsp3) is 0.571. The van der Waals surface area contributed by atoms with Gasteiger partial charge in [-0.2, -0.15) is 0 Å². The number of nitrogens with zero attached hydrogens (tertiary/aromatic N) is 1. The normalized spacial score (nSPS) is 25.5. The number of aromatic nitrogens is 2. The number of nitrogens with two attached hydrogens (primary N) is 1. The lowest BCUT2D eigenvalue weighted by atomic mass is 9.85. The SMILES string of the molecule is C#C[C@@]1(COC(=O)[C@@H](N)CC2CCCCC2)C=C[C@H](n2cc(C)c(=O)[nH]c2=O)O1. The zero-order chi connectivity index (χ0) is 21.0. The highest BCUT2D eigenvalue weighted by Gasteiger charge is 2.37. The molecule has 0 radical (unpaired) electrons. The van der Waals surface area contributed by atoms with Gasteiger partial charge in [-0.3, -0.25) is 19.1 Å². The van der Waals surface area contributed by atoms with Gasteiger partial charge in [-0.25, -0.2) is 4.79 Å². The number of hydrogen-bond donors (Lipinski definition) is 2. The van der Waals surface area contributed by atoms with Crippen LogP contribution in [0, 0.1) is 25.2 Å². The Bertz CT molecular complexity index is 935. The summed E-state index contributed by atoms with van der Waals surface area (Å²) in [7, 11) is 0. The molecule has 156 valence electrons. The zero-order valence-corrected chi connectivity index (χ0v) is 16.6. The van der Waals surface area contributed by atoms with E-state index in [1.54, 1.807) is 19.1 Å². The third kappa shape index (κ3) is 4.86. The Hall–Kier alpha value is -2.63. The average molecular weight is 401 g/mol. The zero-order valence-electron chi connectivity index (χ0n) is 16.6. The summed E-state index contributed by atoms with van der Waals surface area (Å²) in [6.45, 7) is 1.38. The Kier molecular flexibility index (Phi) is 6.40. The third-order valence-corrected chi connectivity index (χ3v) is 5.57. The van der Waals surface area contributed by atoms with Gasteiger partial charge in [-0.1, -0.05) is 38.0 Å². The predicted octanol–water partition coefficient (Wildman–Crippen LogP) is 1.14. The first-order chi connectivity index (χ1) is 13.8. The molecule has 8 nitrogen and oxygen atoms in total. The molecule has 1 aromatic heterocycles. The molecule has 1 aliphatic carbocycles. The molecule has 1 aromatic rings. The Balaban J connectivity index is 1.60. The molecule has 0 aromatic carbocycles. The van der Waals surface area contributed by atoms with Crippen LogP contribution in [-0.2, 0) is 14.3 Å². The summed E-state index contributed by atoms with van der Waals surface area (Å²) < 4.78 is 12.4. The highest BCUT2D eigenvalue weighted by molar-refractivity contribution is 5.75. The Morgan fingerprint density at radius 3 is 2.86 bits per heavy atom. The van der Waals surface area contributed by atoms with Crippen LogP contribution in [0.15, 0.2) is 27.9 Å². The van der Waals surface area contributed by atoms with E-state index >= 15 is 0 Å². The molecule has 1 fully saturated rings. The number of esters is 1. The van der Waals surface area contributed by atoms with E-state index in [1.807, 2.05) is 0 Å². The fourth-order valence-corrected chi connectivity index (χ4v) is 3.83. The Morgan fingerprint density at radius 2 is 2.17 bits per heavy atom. The maximum Gasteiger partial charge on any atom is 0.330 e. The van der Waals surface area contributed by atoms with E-state index in [-0.39, 0.29) is 6.61 Å². The van der Waals surface area contributed by atoms with E-state index in [2.05, 4.69) is 10.9 Å². The van der Waals surface area contributed by atoms with Crippen LogP contribution < -0.4 is 17.0 Å². The lowest BCUT2D eigenvalue weighted by Gasteiger charge is -2.26. The molecular formula is C21H27N3O5. The van der Waals surface area contributed by atoms with E-state index in [1.165, 1.54) is 30.0 Å². The van der Waals surface area contributed by atoms with Gasteiger partial charge >= 0.3 is 11.7 Å². The molecule has 3 N–H and O–H groups in total. The quantitative estimate of drug-likeness (QED) is 0.420. The van der Waals surface area contributed by atoms with E-state index < -0.39 is 35.1 Å². The number of ether oxygens (including phenoxy) is 2. The fourth-order valence-electron chi connectivity index (χ4n) is 3.83. The summed E-state index contributed by atoms with van der Waals surface area (Å²) in [4.78, 5) is 38.2. The molecule has 3 atom stereocenters. The molecule has 0 amide bonds. The first-order valence-electron chi connectivity index (χ1n) is 9.93. The van der Waals surface area contributed by atoms with Crippen LogP contribution in [0.1, 0.15) is 50.3 Å². The summed E-state index contributed by atoms with van der Waals surface area (Å²) in [6, 6.07) is -0.696. The summed E-state index contributed by atoms with van der Waals surface area (Å²) in [6.07, 6.45) is 15.8. The van der Waals surface area contributed by atoms with Gasteiger partial charge in [0.2, 0.25) is 0 Å². The Labute approximate surface area is 169 Å². The van der Waals surface area contributed by atoms with Crippen molar-refractivity contribution in [2.24, 2.45) is 11.7 Å².